The van der Waals surface area contributed by atoms with Gasteiger partial charge >= 0.3 is 24.4 Å². The highest BCUT2D eigenvalue weighted by Gasteiger charge is 2.36. The Hall–Kier alpha value is -4.32. The summed E-state index contributed by atoms with van der Waals surface area (Å²) >= 11 is 0. The smallest absolute Gasteiger partial charge is 0.468 e. The van der Waals surface area contributed by atoms with Crippen LogP contribution in [-0.4, -0.2) is 56.9 Å². The molecule has 2 aromatic rings. The lowest BCUT2D eigenvalue weighted by molar-refractivity contribution is -0.147. The third-order valence-electron chi connectivity index (χ3n) is 6.15. The van der Waals surface area contributed by atoms with Crippen molar-refractivity contribution in [2.45, 2.75) is 70.8 Å². The largest absolute Gasteiger partial charge is 0.513 e. The topological polar surface area (TPSA) is 159 Å². The highest BCUT2D eigenvalue weighted by Crippen LogP contribution is 2.31. The number of hydrogen-bond donors (Lipinski definition) is 1. The van der Waals surface area contributed by atoms with Crippen LogP contribution in [0.2, 0.25) is 0 Å². The first-order chi connectivity index (χ1) is 20.7. The molecular weight excluding hydrogens is 562 g/mol. The Balaban J connectivity index is 2.15. The number of hydrogen-bond acceptors (Lipinski definition) is 12. The molecule has 0 aromatic heterocycles. The number of esters is 1. The van der Waals surface area contributed by atoms with Crippen LogP contribution in [-0.2, 0) is 30.2 Å². The van der Waals surface area contributed by atoms with Gasteiger partial charge in [0.1, 0.15) is 11.3 Å². The van der Waals surface area contributed by atoms with E-state index in [0.717, 1.165) is 25.7 Å². The molecular formula is C31H41NO11. The van der Waals surface area contributed by atoms with Gasteiger partial charge in [0.2, 0.25) is 0 Å². The standard InChI is InChI=1S/C31H41NO11/c1-4-6-11-18-38-29(35)42-25-16-15-23(21-26(25)43-30(36)39-19-12-7-5-2)22-31(32,27(33)37-3)17-20-40-28(34)41-24-13-9-8-10-14-24/h8-10,13-16,21H,4-7,11-12,17-20,22,32H2,1-3H3/t31-/m1/s1. The van der Waals surface area contributed by atoms with Gasteiger partial charge in [-0.25, -0.2) is 14.4 Å². The quantitative estimate of drug-likeness (QED) is 0.0957. The van der Waals surface area contributed by atoms with Crippen LogP contribution in [0, 0.1) is 0 Å². The molecule has 0 bridgehead atoms. The van der Waals surface area contributed by atoms with Crippen molar-refractivity contribution in [1.82, 2.24) is 0 Å². The summed E-state index contributed by atoms with van der Waals surface area (Å²) in [6.07, 6.45) is 1.85. The molecule has 0 saturated heterocycles. The minimum absolute atomic E-state index is 0.0950. The summed E-state index contributed by atoms with van der Waals surface area (Å²) in [5, 5.41) is 0. The molecule has 0 fully saturated rings. The molecule has 0 aliphatic heterocycles. The molecule has 0 radical (unpaired) electrons. The van der Waals surface area contributed by atoms with E-state index in [0.29, 0.717) is 24.2 Å². The van der Waals surface area contributed by atoms with Crippen LogP contribution in [0.15, 0.2) is 48.5 Å². The zero-order chi connectivity index (χ0) is 31.5. The van der Waals surface area contributed by atoms with Crippen molar-refractivity contribution in [3.63, 3.8) is 0 Å². The summed E-state index contributed by atoms with van der Waals surface area (Å²) in [5.41, 5.74) is 5.21. The highest BCUT2D eigenvalue weighted by atomic mass is 16.7. The molecule has 0 aliphatic rings. The first-order valence-corrected chi connectivity index (χ1v) is 14.3. The maximum absolute atomic E-state index is 12.7. The van der Waals surface area contributed by atoms with Gasteiger partial charge < -0.3 is 38.9 Å². The Morgan fingerprint density at radius 1 is 0.698 bits per heavy atom. The number of benzene rings is 2. The fraction of sp³-hybridized carbons (Fsp3) is 0.484. The average Bonchev–Trinajstić information content (AvgIpc) is 2.99. The predicted octanol–water partition coefficient (Wildman–Crippen LogP) is 6.12. The second-order valence-electron chi connectivity index (χ2n) is 9.68. The Morgan fingerprint density at radius 2 is 1.26 bits per heavy atom. The minimum atomic E-state index is -1.64. The molecule has 43 heavy (non-hydrogen) atoms. The number of nitrogens with two attached hydrogens (primary N) is 1. The second kappa shape index (κ2) is 19.0. The van der Waals surface area contributed by atoms with Crippen molar-refractivity contribution in [2.75, 3.05) is 26.9 Å². The van der Waals surface area contributed by atoms with Crippen LogP contribution in [0.3, 0.4) is 0 Å². The molecule has 0 heterocycles. The minimum Gasteiger partial charge on any atom is -0.468 e. The molecule has 12 heteroatoms. The van der Waals surface area contributed by atoms with Gasteiger partial charge in [-0.15, -0.1) is 0 Å². The van der Waals surface area contributed by atoms with Gasteiger partial charge in [0, 0.05) is 12.8 Å². The third-order valence-corrected chi connectivity index (χ3v) is 6.15. The van der Waals surface area contributed by atoms with Crippen molar-refractivity contribution in [1.29, 1.82) is 0 Å². The lowest BCUT2D eigenvalue weighted by atomic mass is 9.88. The number of ether oxygens (including phenoxy) is 7. The van der Waals surface area contributed by atoms with Gasteiger partial charge in [-0.3, -0.25) is 4.79 Å². The van der Waals surface area contributed by atoms with Gasteiger partial charge in [-0.05, 0) is 42.7 Å². The first-order valence-electron chi connectivity index (χ1n) is 14.3. The van der Waals surface area contributed by atoms with E-state index in [1.54, 1.807) is 30.3 Å². The molecule has 0 amide bonds. The summed E-state index contributed by atoms with van der Waals surface area (Å²) in [6, 6.07) is 12.6. The number of para-hydroxylation sites is 1. The van der Waals surface area contributed by atoms with Crippen molar-refractivity contribution in [3.8, 4) is 17.2 Å². The van der Waals surface area contributed by atoms with Crippen LogP contribution in [0.1, 0.15) is 64.4 Å². The SMILES string of the molecule is CCCCCOC(=O)Oc1ccc(C[C@](N)(CCOC(=O)Oc2ccccc2)C(=O)OC)cc1OC(=O)OCCCCC. The van der Waals surface area contributed by atoms with E-state index in [1.165, 1.54) is 25.3 Å². The molecule has 0 spiro atoms. The van der Waals surface area contributed by atoms with Gasteiger partial charge in [-0.2, -0.15) is 0 Å². The van der Waals surface area contributed by atoms with Crippen molar-refractivity contribution >= 4 is 24.4 Å². The molecule has 2 rings (SSSR count). The highest BCUT2D eigenvalue weighted by molar-refractivity contribution is 5.81. The van der Waals surface area contributed by atoms with E-state index in [-0.39, 0.29) is 44.2 Å². The van der Waals surface area contributed by atoms with E-state index in [1.807, 2.05) is 13.8 Å². The van der Waals surface area contributed by atoms with Crippen LogP contribution in [0.4, 0.5) is 14.4 Å². The summed E-state index contributed by atoms with van der Waals surface area (Å²) < 4.78 is 35.9. The summed E-state index contributed by atoms with van der Waals surface area (Å²) in [5.74, 6) is -0.704. The van der Waals surface area contributed by atoms with Crippen LogP contribution < -0.4 is 19.9 Å². The fourth-order valence-electron chi connectivity index (χ4n) is 3.84. The average molecular weight is 604 g/mol. The molecule has 2 N–H and O–H groups in total. The zero-order valence-corrected chi connectivity index (χ0v) is 25.0. The lowest BCUT2D eigenvalue weighted by Crippen LogP contribution is -2.51. The number of methoxy groups -OCH3 is 1. The molecule has 12 nitrogen and oxygen atoms in total. The normalized spacial score (nSPS) is 11.9. The van der Waals surface area contributed by atoms with Crippen LogP contribution in [0.25, 0.3) is 0 Å². The van der Waals surface area contributed by atoms with Crippen LogP contribution in [0.5, 0.6) is 17.2 Å². The van der Waals surface area contributed by atoms with Crippen LogP contribution >= 0.6 is 0 Å². The molecule has 2 aromatic carbocycles. The maximum atomic E-state index is 12.7. The third kappa shape index (κ3) is 13.0. The molecule has 0 saturated carbocycles. The van der Waals surface area contributed by atoms with Crippen molar-refractivity contribution < 1.29 is 52.3 Å². The summed E-state index contributed by atoms with van der Waals surface area (Å²) in [7, 11) is 1.18. The molecule has 0 aliphatic carbocycles. The Bertz CT molecular complexity index is 1170. The monoisotopic (exact) mass is 603 g/mol. The van der Waals surface area contributed by atoms with Crippen molar-refractivity contribution in [3.05, 3.63) is 54.1 Å². The van der Waals surface area contributed by atoms with Gasteiger partial charge in [0.25, 0.3) is 0 Å². The second-order valence-corrected chi connectivity index (χ2v) is 9.68. The van der Waals surface area contributed by atoms with E-state index in [2.05, 4.69) is 0 Å². The van der Waals surface area contributed by atoms with E-state index < -0.39 is 30.0 Å². The summed E-state index contributed by atoms with van der Waals surface area (Å²) in [6.45, 7) is 4.12. The predicted molar refractivity (Wildman–Crippen MR) is 155 cm³/mol. The van der Waals surface area contributed by atoms with Crippen molar-refractivity contribution in [2.24, 2.45) is 5.73 Å². The number of carbonyl (C=O) groups is 4. The number of rotatable bonds is 17. The first kappa shape index (κ1) is 34.9. The lowest BCUT2D eigenvalue weighted by Gasteiger charge is -2.26. The van der Waals surface area contributed by atoms with E-state index >= 15 is 0 Å². The number of unbranched alkanes of at least 4 members (excludes halogenated alkanes) is 4. The Morgan fingerprint density at radius 3 is 1.84 bits per heavy atom. The molecule has 1 atom stereocenters. The van der Waals surface area contributed by atoms with E-state index in [9.17, 15) is 19.2 Å². The van der Waals surface area contributed by atoms with Gasteiger partial charge in [-0.1, -0.05) is 63.8 Å². The zero-order valence-electron chi connectivity index (χ0n) is 25.0. The van der Waals surface area contributed by atoms with Gasteiger partial charge in [0.05, 0.1) is 26.9 Å². The fourth-order valence-corrected chi connectivity index (χ4v) is 3.84. The Labute approximate surface area is 251 Å². The molecule has 236 valence electrons. The number of carbonyl (C=O) groups excluding carboxylic acids is 4. The maximum Gasteiger partial charge on any atom is 0.513 e. The van der Waals surface area contributed by atoms with Gasteiger partial charge in [0.15, 0.2) is 11.5 Å². The Kier molecular flexibility index (Phi) is 15.4. The molecule has 0 unspecified atom stereocenters. The van der Waals surface area contributed by atoms with E-state index in [4.69, 9.17) is 38.9 Å². The summed E-state index contributed by atoms with van der Waals surface area (Å²) in [4.78, 5) is 49.4.